The first-order chi connectivity index (χ1) is 25.6. The van der Waals surface area contributed by atoms with Gasteiger partial charge in [0.1, 0.15) is 17.9 Å². The number of para-hydroxylation sites is 1. The van der Waals surface area contributed by atoms with E-state index in [1.807, 2.05) is 56.2 Å². The highest BCUT2D eigenvalue weighted by Gasteiger charge is 2.57. The number of carbonyl (C=O) groups is 3. The highest BCUT2D eigenvalue weighted by molar-refractivity contribution is 6.01. The van der Waals surface area contributed by atoms with E-state index in [4.69, 9.17) is 9.57 Å². The van der Waals surface area contributed by atoms with Gasteiger partial charge in [-0.25, -0.2) is 0 Å². The van der Waals surface area contributed by atoms with E-state index in [-0.39, 0.29) is 42.3 Å². The molecule has 0 spiro atoms. The maximum atomic E-state index is 14.3. The molecule has 2 aromatic carbocycles. The zero-order chi connectivity index (χ0) is 39.5. The Bertz CT molecular complexity index is 1600. The Kier molecular flexibility index (Phi) is 13.5. The summed E-state index contributed by atoms with van der Waals surface area (Å²) in [4.78, 5) is 51.2. The highest BCUT2D eigenvalue weighted by atomic mass is 16.7. The Morgan fingerprint density at radius 3 is 2.11 bits per heavy atom. The number of carbonyl (C=O) groups excluding carboxylic acids is 3. The van der Waals surface area contributed by atoms with Crippen molar-refractivity contribution in [2.24, 2.45) is 29.1 Å². The first kappa shape index (κ1) is 41.6. The lowest BCUT2D eigenvalue weighted by Gasteiger charge is -2.62. The van der Waals surface area contributed by atoms with E-state index in [0.29, 0.717) is 77.5 Å². The fourth-order valence-electron chi connectivity index (χ4n) is 8.87. The van der Waals surface area contributed by atoms with Gasteiger partial charge in [-0.15, -0.1) is 0 Å². The number of aliphatic hydroxyl groups excluding tert-OH is 2. The minimum Gasteiger partial charge on any atom is -0.496 e. The van der Waals surface area contributed by atoms with Gasteiger partial charge >= 0.3 is 0 Å². The van der Waals surface area contributed by atoms with Gasteiger partial charge in [0.2, 0.25) is 5.91 Å². The molecule has 4 aliphatic rings. The zero-order valence-corrected chi connectivity index (χ0v) is 33.5. The predicted octanol–water partition coefficient (Wildman–Crippen LogP) is 2.61. The third-order valence-electron chi connectivity index (χ3n) is 12.1. The van der Waals surface area contributed by atoms with Crippen LogP contribution in [-0.2, 0) is 16.2 Å². The standard InChI is InChI=1S/C41H62N6O7/c1-24-32-20-30(41(32,3)4)21-33(24)44-40(52)36-35(25(2)49)34(23-48)54-47(36)22-26-11-10-12-31(37(26)53-9)27-17-28(38(50)42-13-15-45(5)6)19-29(18-27)39(51)43-14-16-46(7)8/h10-12,17-19,24-25,30,32-36,48-49H,13-16,20-23H2,1-9H3,(H,42,50)(H,43,51)(H,44,52)/t24-,25-,30-,32-,33-,34-,35-,36-/m0/s1. The topological polar surface area (TPSA) is 156 Å². The summed E-state index contributed by atoms with van der Waals surface area (Å²) in [5, 5.41) is 32.1. The number of likely N-dealkylation sites (N-methyl/N-ethyl adjacent to an activating group) is 2. The number of hydrogen-bond donors (Lipinski definition) is 5. The van der Waals surface area contributed by atoms with Crippen molar-refractivity contribution in [3.63, 3.8) is 0 Å². The van der Waals surface area contributed by atoms with Gasteiger partial charge in [-0.05, 0) is 94.9 Å². The van der Waals surface area contributed by atoms with Crippen LogP contribution in [0.3, 0.4) is 0 Å². The lowest BCUT2D eigenvalue weighted by Crippen LogP contribution is -2.62. The number of aliphatic hydroxyl groups is 2. The van der Waals surface area contributed by atoms with Gasteiger partial charge in [-0.3, -0.25) is 19.2 Å². The fraction of sp³-hybridized carbons (Fsp3) is 0.634. The number of fused-ring (bicyclic) bond motifs is 2. The first-order valence-electron chi connectivity index (χ1n) is 19.3. The van der Waals surface area contributed by atoms with Gasteiger partial charge < -0.3 is 40.7 Å². The third kappa shape index (κ3) is 8.93. The van der Waals surface area contributed by atoms with E-state index in [0.717, 1.165) is 6.42 Å². The number of ether oxygens (including phenoxy) is 1. The van der Waals surface area contributed by atoms with Crippen LogP contribution in [0.1, 0.15) is 66.8 Å². The highest BCUT2D eigenvalue weighted by Crippen LogP contribution is 2.61. The largest absolute Gasteiger partial charge is 0.496 e. The molecule has 0 unspecified atom stereocenters. The van der Waals surface area contributed by atoms with E-state index < -0.39 is 24.2 Å². The average molecular weight is 751 g/mol. The van der Waals surface area contributed by atoms with Crippen LogP contribution in [0.2, 0.25) is 0 Å². The van der Waals surface area contributed by atoms with Crippen LogP contribution >= 0.6 is 0 Å². The maximum absolute atomic E-state index is 14.3. The quantitative estimate of drug-likeness (QED) is 0.173. The van der Waals surface area contributed by atoms with Crippen molar-refractivity contribution in [1.29, 1.82) is 0 Å². The molecule has 2 bridgehead atoms. The molecule has 3 saturated carbocycles. The molecule has 0 radical (unpaired) electrons. The molecule has 3 aliphatic carbocycles. The molecular formula is C41H62N6O7. The molecule has 6 rings (SSSR count). The van der Waals surface area contributed by atoms with Crippen molar-refractivity contribution >= 4 is 17.7 Å². The van der Waals surface area contributed by atoms with E-state index in [1.165, 1.54) is 6.42 Å². The van der Waals surface area contributed by atoms with Crippen LogP contribution in [0.15, 0.2) is 36.4 Å². The summed E-state index contributed by atoms with van der Waals surface area (Å²) in [5.74, 6) is 0.364. The number of rotatable bonds is 16. The molecule has 4 fully saturated rings. The Morgan fingerprint density at radius 1 is 1.00 bits per heavy atom. The van der Waals surface area contributed by atoms with Crippen molar-refractivity contribution in [2.45, 2.75) is 71.4 Å². The summed E-state index contributed by atoms with van der Waals surface area (Å²) in [6, 6.07) is 9.81. The molecule has 5 N–H and O–H groups in total. The summed E-state index contributed by atoms with van der Waals surface area (Å²) in [5.41, 5.74) is 2.86. The third-order valence-corrected chi connectivity index (χ3v) is 12.1. The van der Waals surface area contributed by atoms with E-state index in [1.54, 1.807) is 37.3 Å². The van der Waals surface area contributed by atoms with Crippen LogP contribution in [0, 0.1) is 29.1 Å². The second-order valence-corrected chi connectivity index (χ2v) is 16.7. The summed E-state index contributed by atoms with van der Waals surface area (Å²) < 4.78 is 6.03. The van der Waals surface area contributed by atoms with Gasteiger partial charge in [0, 0.05) is 60.4 Å². The van der Waals surface area contributed by atoms with Gasteiger partial charge in [0.25, 0.3) is 11.8 Å². The van der Waals surface area contributed by atoms with Crippen LogP contribution in [0.25, 0.3) is 11.1 Å². The van der Waals surface area contributed by atoms with Crippen molar-refractivity contribution < 1.29 is 34.2 Å². The number of hydrogen-bond acceptors (Lipinski definition) is 10. The lowest BCUT2D eigenvalue weighted by atomic mass is 9.45. The van der Waals surface area contributed by atoms with Gasteiger partial charge in [0.15, 0.2) is 0 Å². The Morgan fingerprint density at radius 2 is 1.61 bits per heavy atom. The Labute approximate surface area is 320 Å². The van der Waals surface area contributed by atoms with Crippen molar-refractivity contribution in [3.05, 3.63) is 53.1 Å². The smallest absolute Gasteiger partial charge is 0.251 e. The molecule has 298 valence electrons. The summed E-state index contributed by atoms with van der Waals surface area (Å²) in [6.07, 6.45) is 0.374. The molecule has 1 saturated heterocycles. The normalized spacial score (nSPS) is 26.6. The van der Waals surface area contributed by atoms with Crippen molar-refractivity contribution in [2.75, 3.05) is 68.1 Å². The van der Waals surface area contributed by atoms with E-state index in [9.17, 15) is 24.6 Å². The average Bonchev–Trinajstić information content (AvgIpc) is 3.50. The minimum absolute atomic E-state index is 0.0125. The molecule has 54 heavy (non-hydrogen) atoms. The molecule has 13 heteroatoms. The summed E-state index contributed by atoms with van der Waals surface area (Å²) in [7, 11) is 9.27. The fourth-order valence-corrected chi connectivity index (χ4v) is 8.87. The number of nitrogens with zero attached hydrogens (tertiary/aromatic N) is 3. The van der Waals surface area contributed by atoms with Gasteiger partial charge in [0.05, 0.1) is 26.4 Å². The van der Waals surface area contributed by atoms with Crippen LogP contribution in [-0.4, -0.2) is 135 Å². The van der Waals surface area contributed by atoms with Crippen LogP contribution in [0.4, 0.5) is 0 Å². The van der Waals surface area contributed by atoms with Gasteiger partial charge in [-0.2, -0.15) is 5.06 Å². The number of nitrogens with one attached hydrogen (secondary N) is 3. The van der Waals surface area contributed by atoms with Crippen molar-refractivity contribution in [3.8, 4) is 16.9 Å². The first-order valence-corrected chi connectivity index (χ1v) is 19.3. The number of hydroxylamine groups is 2. The lowest BCUT2D eigenvalue weighted by molar-refractivity contribution is -0.183. The number of methoxy groups -OCH3 is 1. The van der Waals surface area contributed by atoms with Crippen LogP contribution in [0.5, 0.6) is 5.75 Å². The molecule has 2 aromatic rings. The van der Waals surface area contributed by atoms with Gasteiger partial charge in [-0.1, -0.05) is 39.0 Å². The second kappa shape index (κ2) is 17.5. The molecule has 1 aliphatic heterocycles. The predicted molar refractivity (Wildman–Crippen MR) is 208 cm³/mol. The molecular weight excluding hydrogens is 688 g/mol. The molecule has 1 heterocycles. The summed E-state index contributed by atoms with van der Waals surface area (Å²) in [6.45, 7) is 10.4. The van der Waals surface area contributed by atoms with Crippen LogP contribution < -0.4 is 20.7 Å². The molecule has 13 nitrogen and oxygen atoms in total. The number of benzene rings is 2. The monoisotopic (exact) mass is 750 g/mol. The second-order valence-electron chi connectivity index (χ2n) is 16.7. The minimum atomic E-state index is -0.929. The Balaban J connectivity index is 1.46. The Hall–Kier alpha value is -3.59. The molecule has 8 atom stereocenters. The maximum Gasteiger partial charge on any atom is 0.251 e. The zero-order valence-electron chi connectivity index (χ0n) is 33.5. The van der Waals surface area contributed by atoms with E-state index in [2.05, 4.69) is 36.7 Å². The molecule has 3 amide bonds. The van der Waals surface area contributed by atoms with Crippen molar-refractivity contribution in [1.82, 2.24) is 30.8 Å². The molecule has 0 aromatic heterocycles. The van der Waals surface area contributed by atoms with E-state index >= 15 is 0 Å². The number of amides is 3. The SMILES string of the molecule is COc1c(CN2O[C@@H](CO)[C@H]([C@H](C)O)[C@H]2C(=O)N[C@H]2C[C@@H]3C[C@@H]([C@@H]2C)C3(C)C)cccc1-c1cc(C(=O)NCCN(C)C)cc(C(=O)NCCN(C)C)c1. The summed E-state index contributed by atoms with van der Waals surface area (Å²) >= 11 is 0.